The van der Waals surface area contributed by atoms with Crippen LogP contribution in [-0.4, -0.2) is 4.57 Å². The molecule has 0 spiro atoms. The third kappa shape index (κ3) is 4.85. The Balaban J connectivity index is 1.65. The molecule has 0 amide bonds. The first kappa shape index (κ1) is 28.3. The first-order valence-corrected chi connectivity index (χ1v) is 14.8. The van der Waals surface area contributed by atoms with E-state index in [9.17, 15) is 0 Å². The van der Waals surface area contributed by atoms with Crippen LogP contribution >= 0.6 is 92.8 Å². The summed E-state index contributed by atoms with van der Waals surface area (Å²) in [6, 6.07) is 26.3. The Morgan fingerprint density at radius 1 is 0.425 bits per heavy atom. The normalized spacial score (nSPS) is 11.7. The third-order valence-electron chi connectivity index (χ3n) is 6.63. The molecule has 1 radical (unpaired) electrons. The van der Waals surface area contributed by atoms with E-state index in [1.807, 2.05) is 36.4 Å². The quantitative estimate of drug-likeness (QED) is 0.163. The van der Waals surface area contributed by atoms with Crippen LogP contribution < -0.4 is 0 Å². The van der Waals surface area contributed by atoms with E-state index in [-0.39, 0.29) is 20.1 Å². The minimum Gasteiger partial charge on any atom is -0.309 e. The number of fused-ring (bicyclic) bond motifs is 3. The molecule has 0 bridgehead atoms. The molecule has 40 heavy (non-hydrogen) atoms. The van der Waals surface area contributed by atoms with Crippen molar-refractivity contribution in [2.75, 3.05) is 0 Å². The maximum absolute atomic E-state index is 7.08. The Labute approximate surface area is 270 Å². The number of halogens is 8. The SMILES string of the molecule is Clc1cc(Cl)c([C](c2c(Cl)cc(Cl)cc2Cl)c2c(Cl)cc(-n3c4ccccc4c4ccccc43)cc2Cl)c(Cl)c1. The van der Waals surface area contributed by atoms with Gasteiger partial charge in [0, 0.05) is 73.3 Å². The summed E-state index contributed by atoms with van der Waals surface area (Å²) in [5, 5.41) is 4.72. The van der Waals surface area contributed by atoms with Crippen LogP contribution in [0.4, 0.5) is 0 Å². The molecule has 1 nitrogen and oxygen atoms in total. The second kappa shape index (κ2) is 11.1. The standard InChI is InChI=1S/C31H14Cl8N/c32-15-9-20(34)28(21(35)10-15)31(29-22(36)11-16(33)12-23(29)37)30-24(38)13-17(14-25(30)39)40-26-7-3-1-5-18(26)19-6-2-4-8-27(19)40/h1-14H. The number of para-hydroxylation sites is 2. The molecule has 6 aromatic rings. The number of hydrogen-bond donors (Lipinski definition) is 0. The van der Waals surface area contributed by atoms with Crippen LogP contribution in [0.3, 0.4) is 0 Å². The van der Waals surface area contributed by atoms with Crippen molar-refractivity contribution in [2.45, 2.75) is 0 Å². The Kier molecular flexibility index (Phi) is 7.89. The predicted octanol–water partition coefficient (Wildman–Crippen LogP) is 13.0. The van der Waals surface area contributed by atoms with Gasteiger partial charge < -0.3 is 4.57 Å². The van der Waals surface area contributed by atoms with Gasteiger partial charge in [0.15, 0.2) is 0 Å². The third-order valence-corrected chi connectivity index (χ3v) is 8.85. The molecular weight excluding hydrogens is 670 g/mol. The summed E-state index contributed by atoms with van der Waals surface area (Å²) in [5.41, 5.74) is 4.10. The minimum atomic E-state index is 0.271. The first-order valence-electron chi connectivity index (χ1n) is 11.8. The maximum atomic E-state index is 7.08. The lowest BCUT2D eigenvalue weighted by Crippen LogP contribution is -2.10. The Hall–Kier alpha value is -1.78. The highest BCUT2D eigenvalue weighted by Gasteiger charge is 2.32. The fourth-order valence-electron chi connectivity index (χ4n) is 5.07. The summed E-state index contributed by atoms with van der Waals surface area (Å²) in [7, 11) is 0. The summed E-state index contributed by atoms with van der Waals surface area (Å²) >= 11 is 53.5. The van der Waals surface area contributed by atoms with E-state index in [4.69, 9.17) is 92.8 Å². The molecule has 0 unspecified atom stereocenters. The van der Waals surface area contributed by atoms with E-state index in [2.05, 4.69) is 28.8 Å². The molecule has 0 atom stereocenters. The molecule has 0 fully saturated rings. The van der Waals surface area contributed by atoms with Crippen molar-refractivity contribution >= 4 is 115 Å². The largest absolute Gasteiger partial charge is 0.309 e. The van der Waals surface area contributed by atoms with Crippen molar-refractivity contribution in [3.8, 4) is 5.69 Å². The summed E-state index contributed by atoms with van der Waals surface area (Å²) < 4.78 is 2.12. The van der Waals surface area contributed by atoms with Crippen LogP contribution in [0, 0.1) is 5.92 Å². The lowest BCUT2D eigenvalue weighted by Gasteiger charge is -2.25. The minimum absolute atomic E-state index is 0.271. The van der Waals surface area contributed by atoms with Gasteiger partial charge in [-0.15, -0.1) is 0 Å². The number of benzene rings is 5. The van der Waals surface area contributed by atoms with Gasteiger partial charge in [-0.05, 0) is 48.5 Å². The molecular formula is C31H14Cl8N. The van der Waals surface area contributed by atoms with Crippen LogP contribution in [0.1, 0.15) is 16.7 Å². The van der Waals surface area contributed by atoms with Gasteiger partial charge in [0.1, 0.15) is 0 Å². The topological polar surface area (TPSA) is 4.93 Å². The predicted molar refractivity (Wildman–Crippen MR) is 174 cm³/mol. The van der Waals surface area contributed by atoms with Crippen LogP contribution in [-0.2, 0) is 0 Å². The van der Waals surface area contributed by atoms with Gasteiger partial charge in [0.2, 0.25) is 0 Å². The lowest BCUT2D eigenvalue weighted by molar-refractivity contribution is 1.16. The van der Waals surface area contributed by atoms with Gasteiger partial charge in [0.25, 0.3) is 0 Å². The van der Waals surface area contributed by atoms with Crippen molar-refractivity contribution in [1.29, 1.82) is 0 Å². The van der Waals surface area contributed by atoms with E-state index >= 15 is 0 Å². The van der Waals surface area contributed by atoms with Gasteiger partial charge in [-0.1, -0.05) is 129 Å². The fraction of sp³-hybridized carbons (Fsp3) is 0. The highest BCUT2D eigenvalue weighted by atomic mass is 35.5. The molecule has 0 aliphatic heterocycles. The van der Waals surface area contributed by atoms with Crippen LogP contribution in [0.15, 0.2) is 84.9 Å². The van der Waals surface area contributed by atoms with E-state index in [0.717, 1.165) is 27.5 Å². The highest BCUT2D eigenvalue weighted by Crippen LogP contribution is 2.50. The zero-order valence-electron chi connectivity index (χ0n) is 20.1. The summed E-state index contributed by atoms with van der Waals surface area (Å²) in [5.74, 6) is 0.446. The Morgan fingerprint density at radius 3 is 1.12 bits per heavy atom. The van der Waals surface area contributed by atoms with E-state index in [0.29, 0.717) is 42.7 Å². The molecule has 0 aliphatic rings. The van der Waals surface area contributed by atoms with E-state index < -0.39 is 0 Å². The molecule has 1 heterocycles. The zero-order valence-corrected chi connectivity index (χ0v) is 26.1. The smallest absolute Gasteiger partial charge is 0.0720 e. The van der Waals surface area contributed by atoms with Crippen molar-refractivity contribution < 1.29 is 0 Å². The first-order chi connectivity index (χ1) is 19.2. The Bertz CT molecular complexity index is 1780. The second-order valence-electron chi connectivity index (χ2n) is 9.02. The molecule has 0 aliphatic carbocycles. The average molecular weight is 684 g/mol. The monoisotopic (exact) mass is 680 g/mol. The van der Waals surface area contributed by atoms with Gasteiger partial charge in [-0.3, -0.25) is 0 Å². The van der Waals surface area contributed by atoms with Gasteiger partial charge in [-0.25, -0.2) is 0 Å². The fourth-order valence-corrected chi connectivity index (χ4v) is 7.74. The summed E-state index contributed by atoms with van der Waals surface area (Å²) in [6.07, 6.45) is 0. The molecule has 5 aromatic carbocycles. The van der Waals surface area contributed by atoms with Crippen LogP contribution in [0.5, 0.6) is 0 Å². The summed E-state index contributed by atoms with van der Waals surface area (Å²) in [6.45, 7) is 0. The Morgan fingerprint density at radius 2 is 0.750 bits per heavy atom. The van der Waals surface area contributed by atoms with E-state index in [1.54, 1.807) is 24.3 Å². The van der Waals surface area contributed by atoms with Gasteiger partial charge >= 0.3 is 0 Å². The van der Waals surface area contributed by atoms with Crippen molar-refractivity contribution in [3.05, 3.63) is 148 Å². The number of aromatic nitrogens is 1. The molecule has 199 valence electrons. The van der Waals surface area contributed by atoms with Gasteiger partial charge in [0.05, 0.1) is 17.0 Å². The van der Waals surface area contributed by atoms with Crippen molar-refractivity contribution in [1.82, 2.24) is 4.57 Å². The molecule has 6 rings (SSSR count). The van der Waals surface area contributed by atoms with Crippen molar-refractivity contribution in [3.63, 3.8) is 0 Å². The van der Waals surface area contributed by atoms with Crippen LogP contribution in [0.2, 0.25) is 40.2 Å². The van der Waals surface area contributed by atoms with E-state index in [1.165, 1.54) is 0 Å². The number of hydrogen-bond acceptors (Lipinski definition) is 0. The summed E-state index contributed by atoms with van der Waals surface area (Å²) in [4.78, 5) is 0. The molecule has 0 saturated carbocycles. The second-order valence-corrected chi connectivity index (χ2v) is 12.3. The van der Waals surface area contributed by atoms with Crippen LogP contribution in [0.25, 0.3) is 27.5 Å². The number of nitrogens with zero attached hydrogens (tertiary/aromatic N) is 1. The molecule has 0 saturated heterocycles. The maximum Gasteiger partial charge on any atom is 0.0720 e. The molecule has 0 N–H and O–H groups in total. The highest BCUT2D eigenvalue weighted by molar-refractivity contribution is 6.43. The molecule has 9 heteroatoms. The average Bonchev–Trinajstić information content (AvgIpc) is 3.21. The lowest BCUT2D eigenvalue weighted by atomic mass is 9.84. The van der Waals surface area contributed by atoms with Crippen molar-refractivity contribution in [2.24, 2.45) is 0 Å². The zero-order chi connectivity index (χ0) is 28.3. The number of rotatable bonds is 4. The van der Waals surface area contributed by atoms with Gasteiger partial charge in [-0.2, -0.15) is 0 Å². The molecule has 1 aromatic heterocycles.